The van der Waals surface area contributed by atoms with Gasteiger partial charge in [0.2, 0.25) is 5.89 Å². The minimum Gasteiger partial charge on any atom is -0.436 e. The Kier molecular flexibility index (Phi) is 3.14. The molecule has 4 heteroatoms. The first kappa shape index (κ1) is 14.2. The lowest BCUT2D eigenvalue weighted by molar-refractivity contribution is 0.592. The molecule has 3 aromatic rings. The molecular formula is C18H17N3O. The van der Waals surface area contributed by atoms with E-state index in [4.69, 9.17) is 10.2 Å². The minimum atomic E-state index is -0.195. The van der Waals surface area contributed by atoms with Gasteiger partial charge in [0.05, 0.1) is 11.6 Å². The standard InChI is InChI=1S/C18H17N3O/c1-18(2,3)15-12(10-19)6-9-14-16(15)21-17(22-14)11-4-7-13(20)8-5-11/h4-9H,20H2,1-3H3. The van der Waals surface area contributed by atoms with E-state index in [0.717, 1.165) is 16.6 Å². The summed E-state index contributed by atoms with van der Waals surface area (Å²) in [5.41, 5.74) is 10.1. The molecular weight excluding hydrogens is 274 g/mol. The van der Waals surface area contributed by atoms with Crippen molar-refractivity contribution in [3.8, 4) is 17.5 Å². The lowest BCUT2D eigenvalue weighted by Gasteiger charge is -2.20. The van der Waals surface area contributed by atoms with Crippen LogP contribution in [0.15, 0.2) is 40.8 Å². The zero-order valence-corrected chi connectivity index (χ0v) is 12.8. The van der Waals surface area contributed by atoms with E-state index >= 15 is 0 Å². The van der Waals surface area contributed by atoms with Gasteiger partial charge in [0.25, 0.3) is 0 Å². The van der Waals surface area contributed by atoms with Crippen LogP contribution in [0.25, 0.3) is 22.6 Å². The van der Waals surface area contributed by atoms with Crippen LogP contribution in [0.1, 0.15) is 31.9 Å². The average Bonchev–Trinajstić information content (AvgIpc) is 2.89. The number of nitrogens with two attached hydrogens (primary N) is 1. The van der Waals surface area contributed by atoms with Crippen molar-refractivity contribution in [1.82, 2.24) is 4.98 Å². The predicted molar refractivity (Wildman–Crippen MR) is 87.3 cm³/mol. The summed E-state index contributed by atoms with van der Waals surface area (Å²) >= 11 is 0. The molecule has 1 aromatic heterocycles. The molecule has 0 aliphatic carbocycles. The second-order valence-corrected chi connectivity index (χ2v) is 6.34. The topological polar surface area (TPSA) is 75.8 Å². The fourth-order valence-corrected chi connectivity index (χ4v) is 2.60. The summed E-state index contributed by atoms with van der Waals surface area (Å²) < 4.78 is 5.87. The van der Waals surface area contributed by atoms with Crippen LogP contribution in [-0.2, 0) is 5.41 Å². The van der Waals surface area contributed by atoms with E-state index in [1.807, 2.05) is 24.3 Å². The summed E-state index contributed by atoms with van der Waals surface area (Å²) in [7, 11) is 0. The number of fused-ring (bicyclic) bond motifs is 1. The summed E-state index contributed by atoms with van der Waals surface area (Å²) in [5.74, 6) is 0.538. The van der Waals surface area contributed by atoms with Crippen LogP contribution in [0, 0.1) is 11.3 Å². The van der Waals surface area contributed by atoms with Gasteiger partial charge in [0, 0.05) is 16.8 Å². The fraction of sp³-hybridized carbons (Fsp3) is 0.222. The van der Waals surface area contributed by atoms with Crippen LogP contribution in [0.2, 0.25) is 0 Å². The maximum Gasteiger partial charge on any atom is 0.227 e. The van der Waals surface area contributed by atoms with Crippen LogP contribution < -0.4 is 5.73 Å². The molecule has 0 bridgehead atoms. The van der Waals surface area contributed by atoms with E-state index < -0.39 is 0 Å². The molecule has 0 aliphatic heterocycles. The Balaban J connectivity index is 2.26. The third-order valence-corrected chi connectivity index (χ3v) is 3.59. The fourth-order valence-electron chi connectivity index (χ4n) is 2.60. The summed E-state index contributed by atoms with van der Waals surface area (Å²) in [4.78, 5) is 4.63. The summed E-state index contributed by atoms with van der Waals surface area (Å²) in [6.45, 7) is 6.21. The second-order valence-electron chi connectivity index (χ2n) is 6.34. The highest BCUT2D eigenvalue weighted by atomic mass is 16.3. The zero-order valence-electron chi connectivity index (χ0n) is 12.8. The molecule has 0 atom stereocenters. The van der Waals surface area contributed by atoms with Gasteiger partial charge in [-0.1, -0.05) is 20.8 Å². The first-order chi connectivity index (χ1) is 10.4. The maximum absolute atomic E-state index is 9.37. The molecule has 0 amide bonds. The van der Waals surface area contributed by atoms with Crippen molar-refractivity contribution in [3.63, 3.8) is 0 Å². The summed E-state index contributed by atoms with van der Waals surface area (Å²) in [6.07, 6.45) is 0. The van der Waals surface area contributed by atoms with Crippen LogP contribution >= 0.6 is 0 Å². The number of aromatic nitrogens is 1. The number of hydrogen-bond acceptors (Lipinski definition) is 4. The predicted octanol–water partition coefficient (Wildman–Crippen LogP) is 4.25. The average molecular weight is 291 g/mol. The first-order valence-corrected chi connectivity index (χ1v) is 7.10. The number of hydrogen-bond donors (Lipinski definition) is 1. The molecule has 2 aromatic carbocycles. The molecule has 0 radical (unpaired) electrons. The monoisotopic (exact) mass is 291 g/mol. The van der Waals surface area contributed by atoms with Gasteiger partial charge in [0.15, 0.2) is 5.58 Å². The Morgan fingerprint density at radius 1 is 1.09 bits per heavy atom. The summed E-state index contributed by atoms with van der Waals surface area (Å²) in [6, 6.07) is 13.2. The van der Waals surface area contributed by atoms with Crippen LogP contribution in [0.5, 0.6) is 0 Å². The van der Waals surface area contributed by atoms with Gasteiger partial charge in [-0.3, -0.25) is 0 Å². The molecule has 2 N–H and O–H groups in total. The van der Waals surface area contributed by atoms with Crippen LogP contribution in [0.3, 0.4) is 0 Å². The largest absolute Gasteiger partial charge is 0.436 e. The van der Waals surface area contributed by atoms with Crippen molar-refractivity contribution in [3.05, 3.63) is 47.5 Å². The van der Waals surface area contributed by atoms with Gasteiger partial charge in [-0.25, -0.2) is 4.98 Å². The van der Waals surface area contributed by atoms with Gasteiger partial charge in [-0.2, -0.15) is 5.26 Å². The van der Waals surface area contributed by atoms with E-state index in [0.29, 0.717) is 22.7 Å². The van der Waals surface area contributed by atoms with Crippen LogP contribution in [-0.4, -0.2) is 4.98 Å². The van der Waals surface area contributed by atoms with Crippen molar-refractivity contribution >= 4 is 16.8 Å². The van der Waals surface area contributed by atoms with Crippen molar-refractivity contribution < 1.29 is 4.42 Å². The summed E-state index contributed by atoms with van der Waals surface area (Å²) in [5, 5.41) is 9.37. The molecule has 0 unspecified atom stereocenters. The van der Waals surface area contributed by atoms with E-state index in [-0.39, 0.29) is 5.41 Å². The third kappa shape index (κ3) is 2.31. The number of benzene rings is 2. The molecule has 4 nitrogen and oxygen atoms in total. The van der Waals surface area contributed by atoms with E-state index in [1.165, 1.54) is 0 Å². The SMILES string of the molecule is CC(C)(C)c1c(C#N)ccc2oc(-c3ccc(N)cc3)nc12. The lowest BCUT2D eigenvalue weighted by Crippen LogP contribution is -2.14. The zero-order chi connectivity index (χ0) is 15.9. The Hall–Kier alpha value is -2.80. The van der Waals surface area contributed by atoms with Gasteiger partial charge >= 0.3 is 0 Å². The van der Waals surface area contributed by atoms with E-state index in [1.54, 1.807) is 12.1 Å². The Morgan fingerprint density at radius 2 is 1.77 bits per heavy atom. The molecule has 0 saturated carbocycles. The minimum absolute atomic E-state index is 0.195. The van der Waals surface area contributed by atoms with Gasteiger partial charge in [0.1, 0.15) is 5.52 Å². The molecule has 22 heavy (non-hydrogen) atoms. The highest BCUT2D eigenvalue weighted by molar-refractivity contribution is 5.83. The Morgan fingerprint density at radius 3 is 2.36 bits per heavy atom. The molecule has 1 heterocycles. The lowest BCUT2D eigenvalue weighted by atomic mass is 9.83. The van der Waals surface area contributed by atoms with Gasteiger partial charge < -0.3 is 10.2 Å². The second kappa shape index (κ2) is 4.88. The van der Waals surface area contributed by atoms with Gasteiger partial charge in [-0.15, -0.1) is 0 Å². The third-order valence-electron chi connectivity index (χ3n) is 3.59. The first-order valence-electron chi connectivity index (χ1n) is 7.10. The molecule has 3 rings (SSSR count). The molecule has 0 fully saturated rings. The number of nitriles is 1. The number of nitrogen functional groups attached to an aromatic ring is 1. The van der Waals surface area contributed by atoms with E-state index in [9.17, 15) is 5.26 Å². The Labute approximate surface area is 129 Å². The van der Waals surface area contributed by atoms with Crippen molar-refractivity contribution in [2.45, 2.75) is 26.2 Å². The Bertz CT molecular complexity index is 878. The number of oxazole rings is 1. The van der Waals surface area contributed by atoms with Crippen molar-refractivity contribution in [2.75, 3.05) is 5.73 Å². The molecule has 0 spiro atoms. The highest BCUT2D eigenvalue weighted by Crippen LogP contribution is 2.35. The van der Waals surface area contributed by atoms with Gasteiger partial charge in [-0.05, 0) is 41.8 Å². The highest BCUT2D eigenvalue weighted by Gasteiger charge is 2.24. The molecule has 0 saturated heterocycles. The quantitative estimate of drug-likeness (QED) is 0.680. The molecule has 110 valence electrons. The van der Waals surface area contributed by atoms with E-state index in [2.05, 4.69) is 31.8 Å². The normalized spacial score (nSPS) is 11.5. The number of nitrogens with zero attached hydrogens (tertiary/aromatic N) is 2. The number of rotatable bonds is 1. The smallest absolute Gasteiger partial charge is 0.227 e. The van der Waals surface area contributed by atoms with Crippen molar-refractivity contribution in [2.24, 2.45) is 0 Å². The van der Waals surface area contributed by atoms with Crippen molar-refractivity contribution in [1.29, 1.82) is 5.26 Å². The molecule has 0 aliphatic rings. The number of anilines is 1. The maximum atomic E-state index is 9.37. The van der Waals surface area contributed by atoms with Crippen LogP contribution in [0.4, 0.5) is 5.69 Å².